The van der Waals surface area contributed by atoms with Gasteiger partial charge in [0.15, 0.2) is 0 Å². The smallest absolute Gasteiger partial charge is 0.374 e. The Labute approximate surface area is 126 Å². The third-order valence-corrected chi connectivity index (χ3v) is 3.21. The van der Waals surface area contributed by atoms with E-state index in [-0.39, 0.29) is 17.1 Å². The molecule has 1 heterocycles. The van der Waals surface area contributed by atoms with E-state index in [1.807, 2.05) is 0 Å². The minimum absolute atomic E-state index is 0.104. The van der Waals surface area contributed by atoms with Crippen LogP contribution in [0, 0.1) is 0 Å². The topological polar surface area (TPSA) is 93.3 Å². The standard InChI is InChI=1S/C12H10F3N5OS/c13-12(14,15)8-4-2-1-3-7(8)6-17-18-9(21)5-10-19-20-11(16)22-10/h1-4,6H,5H2,(H2,16,20)(H,18,21). The van der Waals surface area contributed by atoms with Crippen LogP contribution in [0.5, 0.6) is 0 Å². The summed E-state index contributed by atoms with van der Waals surface area (Å²) in [5, 5.41) is 11.3. The van der Waals surface area contributed by atoms with Gasteiger partial charge in [-0.05, 0) is 6.07 Å². The highest BCUT2D eigenvalue weighted by Gasteiger charge is 2.32. The highest BCUT2D eigenvalue weighted by Crippen LogP contribution is 2.30. The summed E-state index contributed by atoms with van der Waals surface area (Å²) in [4.78, 5) is 11.5. The molecule has 6 nitrogen and oxygen atoms in total. The van der Waals surface area contributed by atoms with Crippen LogP contribution in [-0.4, -0.2) is 22.3 Å². The summed E-state index contributed by atoms with van der Waals surface area (Å²) in [6.07, 6.45) is -3.65. The maximum atomic E-state index is 12.7. The summed E-state index contributed by atoms with van der Waals surface area (Å²) < 4.78 is 38.2. The van der Waals surface area contributed by atoms with Crippen molar-refractivity contribution < 1.29 is 18.0 Å². The summed E-state index contributed by atoms with van der Waals surface area (Å²) in [5.41, 5.74) is 6.52. The second kappa shape index (κ2) is 6.52. The van der Waals surface area contributed by atoms with E-state index in [1.54, 1.807) is 0 Å². The molecule has 0 spiro atoms. The van der Waals surface area contributed by atoms with Crippen LogP contribution in [0.3, 0.4) is 0 Å². The first-order chi connectivity index (χ1) is 10.4. The Morgan fingerprint density at radius 1 is 1.36 bits per heavy atom. The summed E-state index contributed by atoms with van der Waals surface area (Å²) in [7, 11) is 0. The number of aromatic nitrogens is 2. The third-order valence-electron chi connectivity index (χ3n) is 2.45. The van der Waals surface area contributed by atoms with Gasteiger partial charge >= 0.3 is 6.18 Å². The third kappa shape index (κ3) is 4.25. The van der Waals surface area contributed by atoms with E-state index < -0.39 is 17.6 Å². The molecule has 1 aromatic heterocycles. The van der Waals surface area contributed by atoms with Crippen LogP contribution in [-0.2, 0) is 17.4 Å². The number of carbonyl (C=O) groups is 1. The Kier molecular flexibility index (Phi) is 4.71. The fourth-order valence-electron chi connectivity index (χ4n) is 1.56. The lowest BCUT2D eigenvalue weighted by molar-refractivity contribution is -0.137. The average Bonchev–Trinajstić information content (AvgIpc) is 2.83. The molecular formula is C12H10F3N5OS. The SMILES string of the molecule is Nc1nnc(CC(=O)NN=Cc2ccccc2C(F)(F)F)s1. The Bertz CT molecular complexity index is 698. The molecule has 0 saturated carbocycles. The molecular weight excluding hydrogens is 319 g/mol. The van der Waals surface area contributed by atoms with Gasteiger partial charge in [-0.1, -0.05) is 29.5 Å². The molecule has 0 saturated heterocycles. The van der Waals surface area contributed by atoms with Gasteiger partial charge in [0.2, 0.25) is 11.0 Å². The van der Waals surface area contributed by atoms with Gasteiger partial charge < -0.3 is 5.73 Å². The van der Waals surface area contributed by atoms with E-state index in [0.29, 0.717) is 5.01 Å². The summed E-state index contributed by atoms with van der Waals surface area (Å²) in [6.45, 7) is 0. The fraction of sp³-hybridized carbons (Fsp3) is 0.167. The number of benzene rings is 1. The Hall–Kier alpha value is -2.49. The lowest BCUT2D eigenvalue weighted by Crippen LogP contribution is -2.20. The van der Waals surface area contributed by atoms with Gasteiger partial charge in [0.25, 0.3) is 0 Å². The molecule has 3 N–H and O–H groups in total. The number of amides is 1. The minimum atomic E-state index is -4.49. The number of hydrogen-bond acceptors (Lipinski definition) is 6. The van der Waals surface area contributed by atoms with Crippen LogP contribution in [0.25, 0.3) is 0 Å². The van der Waals surface area contributed by atoms with Crippen molar-refractivity contribution in [2.24, 2.45) is 5.10 Å². The number of nitrogens with one attached hydrogen (secondary N) is 1. The van der Waals surface area contributed by atoms with Crippen molar-refractivity contribution in [3.05, 3.63) is 40.4 Å². The molecule has 2 rings (SSSR count). The first kappa shape index (κ1) is 15.9. The van der Waals surface area contributed by atoms with Gasteiger partial charge in [-0.15, -0.1) is 10.2 Å². The number of carbonyl (C=O) groups excluding carboxylic acids is 1. The largest absolute Gasteiger partial charge is 0.417 e. The summed E-state index contributed by atoms with van der Waals surface area (Å²) in [5.74, 6) is -0.531. The predicted molar refractivity (Wildman–Crippen MR) is 75.2 cm³/mol. The molecule has 10 heteroatoms. The van der Waals surface area contributed by atoms with Crippen molar-refractivity contribution in [1.29, 1.82) is 0 Å². The normalized spacial score (nSPS) is 11.8. The highest BCUT2D eigenvalue weighted by atomic mass is 32.1. The van der Waals surface area contributed by atoms with Crippen molar-refractivity contribution in [1.82, 2.24) is 15.6 Å². The van der Waals surface area contributed by atoms with Crippen molar-refractivity contribution in [2.75, 3.05) is 5.73 Å². The quantitative estimate of drug-likeness (QED) is 0.661. The number of hydrogen-bond donors (Lipinski definition) is 2. The minimum Gasteiger partial charge on any atom is -0.374 e. The van der Waals surface area contributed by atoms with Crippen LogP contribution < -0.4 is 11.2 Å². The van der Waals surface area contributed by atoms with E-state index in [1.165, 1.54) is 18.2 Å². The summed E-state index contributed by atoms with van der Waals surface area (Å²) in [6, 6.07) is 4.91. The van der Waals surface area contributed by atoms with Crippen LogP contribution in [0.2, 0.25) is 0 Å². The molecule has 0 aliphatic carbocycles. The molecule has 1 amide bonds. The number of anilines is 1. The first-order valence-electron chi connectivity index (χ1n) is 5.92. The Balaban J connectivity index is 1.99. The van der Waals surface area contributed by atoms with Crippen LogP contribution in [0.4, 0.5) is 18.3 Å². The Morgan fingerprint density at radius 2 is 2.09 bits per heavy atom. The maximum absolute atomic E-state index is 12.7. The molecule has 0 aliphatic rings. The van der Waals surface area contributed by atoms with Crippen molar-refractivity contribution in [3.63, 3.8) is 0 Å². The first-order valence-corrected chi connectivity index (χ1v) is 6.74. The number of rotatable bonds is 4. The van der Waals surface area contributed by atoms with Gasteiger partial charge in [-0.25, -0.2) is 5.43 Å². The lowest BCUT2D eigenvalue weighted by Gasteiger charge is -2.09. The van der Waals surface area contributed by atoms with Gasteiger partial charge in [-0.2, -0.15) is 18.3 Å². The highest BCUT2D eigenvalue weighted by molar-refractivity contribution is 7.15. The zero-order valence-electron chi connectivity index (χ0n) is 11.0. The molecule has 0 radical (unpaired) electrons. The van der Waals surface area contributed by atoms with Gasteiger partial charge in [0.1, 0.15) is 5.01 Å². The molecule has 2 aromatic rings. The van der Waals surface area contributed by atoms with Crippen LogP contribution >= 0.6 is 11.3 Å². The summed E-state index contributed by atoms with van der Waals surface area (Å²) >= 11 is 1.05. The maximum Gasteiger partial charge on any atom is 0.417 e. The number of nitrogen functional groups attached to an aromatic ring is 1. The van der Waals surface area contributed by atoms with E-state index in [2.05, 4.69) is 20.7 Å². The molecule has 22 heavy (non-hydrogen) atoms. The van der Waals surface area contributed by atoms with Gasteiger partial charge in [-0.3, -0.25) is 4.79 Å². The molecule has 116 valence electrons. The van der Waals surface area contributed by atoms with E-state index in [9.17, 15) is 18.0 Å². The van der Waals surface area contributed by atoms with Crippen LogP contribution in [0.15, 0.2) is 29.4 Å². The molecule has 0 unspecified atom stereocenters. The van der Waals surface area contributed by atoms with E-state index >= 15 is 0 Å². The second-order valence-corrected chi connectivity index (χ2v) is 5.18. The Morgan fingerprint density at radius 3 is 2.73 bits per heavy atom. The number of nitrogens with zero attached hydrogens (tertiary/aromatic N) is 3. The zero-order chi connectivity index (χ0) is 16.2. The molecule has 0 fully saturated rings. The molecule has 0 aliphatic heterocycles. The van der Waals surface area contributed by atoms with E-state index in [4.69, 9.17) is 5.73 Å². The monoisotopic (exact) mass is 329 g/mol. The fourth-order valence-corrected chi connectivity index (χ4v) is 2.16. The van der Waals surface area contributed by atoms with Crippen molar-refractivity contribution in [2.45, 2.75) is 12.6 Å². The number of halogens is 3. The van der Waals surface area contributed by atoms with Crippen molar-refractivity contribution >= 4 is 28.6 Å². The van der Waals surface area contributed by atoms with Crippen LogP contribution in [0.1, 0.15) is 16.1 Å². The number of alkyl halides is 3. The second-order valence-electron chi connectivity index (χ2n) is 4.09. The molecule has 1 aromatic carbocycles. The average molecular weight is 329 g/mol. The zero-order valence-corrected chi connectivity index (χ0v) is 11.8. The lowest BCUT2D eigenvalue weighted by atomic mass is 10.1. The predicted octanol–water partition coefficient (Wildman–Crippen LogP) is 1.83. The number of nitrogens with two attached hydrogens (primary N) is 1. The van der Waals surface area contributed by atoms with Gasteiger partial charge in [0, 0.05) is 5.56 Å². The van der Waals surface area contributed by atoms with Gasteiger partial charge in [0.05, 0.1) is 18.2 Å². The number of hydrazone groups is 1. The van der Waals surface area contributed by atoms with E-state index in [0.717, 1.165) is 23.6 Å². The molecule has 0 atom stereocenters. The molecule has 0 bridgehead atoms. The van der Waals surface area contributed by atoms with Crippen molar-refractivity contribution in [3.8, 4) is 0 Å².